The molecule has 2 saturated heterocycles. The van der Waals surface area contributed by atoms with Crippen LogP contribution in [0, 0.1) is 0 Å². The number of phosphoric ester groups is 1. The molecule has 0 bridgehead atoms. The van der Waals surface area contributed by atoms with Crippen molar-refractivity contribution in [2.45, 2.75) is 37.3 Å². The molecule has 2 fully saturated rings. The summed E-state index contributed by atoms with van der Waals surface area (Å²) in [4.78, 5) is 9.57. The van der Waals surface area contributed by atoms with E-state index in [0.29, 0.717) is 26.1 Å². The summed E-state index contributed by atoms with van der Waals surface area (Å²) in [6, 6.07) is 0. The third-order valence-corrected chi connectivity index (χ3v) is 4.19. The first-order valence-corrected chi connectivity index (χ1v) is 7.69. The number of aliphatic hydroxyl groups is 2. The number of aliphatic hydroxyl groups excluding tert-OH is 2. The van der Waals surface area contributed by atoms with Crippen LogP contribution in [0.3, 0.4) is 0 Å². The van der Waals surface area contributed by atoms with Crippen molar-refractivity contribution < 1.29 is 38.2 Å². The molecule has 2 rings (SSSR count). The maximum Gasteiger partial charge on any atom is 0.472 e. The summed E-state index contributed by atoms with van der Waals surface area (Å²) < 4.78 is 31.8. The Bertz CT molecular complexity index is 337. The summed E-state index contributed by atoms with van der Waals surface area (Å²) in [6.07, 6.45) is -1.69. The van der Waals surface area contributed by atoms with Crippen molar-refractivity contribution in [1.82, 2.24) is 0 Å². The van der Waals surface area contributed by atoms with E-state index in [1.54, 1.807) is 0 Å². The topological polar surface area (TPSA) is 115 Å². The Kier molecular flexibility index (Phi) is 5.33. The third-order valence-electron chi connectivity index (χ3n) is 3.17. The van der Waals surface area contributed by atoms with Gasteiger partial charge in [0.05, 0.1) is 19.3 Å². The molecule has 0 saturated carbocycles. The summed E-state index contributed by atoms with van der Waals surface area (Å²) >= 11 is 0. The van der Waals surface area contributed by atoms with E-state index in [-0.39, 0.29) is 13.2 Å². The molecule has 9 heteroatoms. The minimum Gasteiger partial charge on any atom is -0.394 e. The smallest absolute Gasteiger partial charge is 0.394 e. The van der Waals surface area contributed by atoms with Gasteiger partial charge in [-0.2, -0.15) is 0 Å². The SMILES string of the molecule is O=P(O)(OC[C@H]1OCCC1O)OC1CCO[C@@H]1CO. The van der Waals surface area contributed by atoms with E-state index in [0.717, 1.165) is 0 Å². The van der Waals surface area contributed by atoms with Crippen LogP contribution in [0.1, 0.15) is 12.8 Å². The van der Waals surface area contributed by atoms with Gasteiger partial charge in [-0.25, -0.2) is 4.57 Å². The van der Waals surface area contributed by atoms with Crippen LogP contribution in [0.4, 0.5) is 0 Å². The Hall–Kier alpha value is -0.0500. The molecule has 5 atom stereocenters. The van der Waals surface area contributed by atoms with Gasteiger partial charge >= 0.3 is 7.82 Å². The van der Waals surface area contributed by atoms with Crippen molar-refractivity contribution in [2.75, 3.05) is 26.4 Å². The van der Waals surface area contributed by atoms with Gasteiger partial charge in [0.25, 0.3) is 0 Å². The average molecular weight is 298 g/mol. The van der Waals surface area contributed by atoms with Gasteiger partial charge in [-0.05, 0) is 6.42 Å². The molecule has 3 N–H and O–H groups in total. The summed E-state index contributed by atoms with van der Waals surface area (Å²) in [7, 11) is -4.25. The Morgan fingerprint density at radius 1 is 1.21 bits per heavy atom. The van der Waals surface area contributed by atoms with Gasteiger partial charge in [0.1, 0.15) is 18.3 Å². The highest BCUT2D eigenvalue weighted by Gasteiger charge is 2.37. The van der Waals surface area contributed by atoms with Gasteiger partial charge in [-0.15, -0.1) is 0 Å². The number of phosphoric acid groups is 1. The number of rotatable bonds is 6. The van der Waals surface area contributed by atoms with Crippen molar-refractivity contribution in [3.63, 3.8) is 0 Å². The van der Waals surface area contributed by atoms with Crippen molar-refractivity contribution in [2.24, 2.45) is 0 Å². The minimum atomic E-state index is -4.25. The second-order valence-corrected chi connectivity index (χ2v) is 5.96. The zero-order valence-electron chi connectivity index (χ0n) is 10.4. The lowest BCUT2D eigenvalue weighted by Gasteiger charge is -2.21. The third kappa shape index (κ3) is 4.21. The molecule has 0 spiro atoms. The van der Waals surface area contributed by atoms with Gasteiger partial charge in [-0.1, -0.05) is 0 Å². The zero-order chi connectivity index (χ0) is 13.9. The first kappa shape index (κ1) is 15.3. The maximum absolute atomic E-state index is 11.7. The van der Waals surface area contributed by atoms with Crippen LogP contribution in [-0.4, -0.2) is 65.9 Å². The van der Waals surface area contributed by atoms with Crippen LogP contribution < -0.4 is 0 Å². The molecule has 0 aromatic carbocycles. The molecule has 0 aromatic heterocycles. The van der Waals surface area contributed by atoms with Crippen molar-refractivity contribution in [3.8, 4) is 0 Å². The van der Waals surface area contributed by atoms with Crippen LogP contribution in [0.5, 0.6) is 0 Å². The van der Waals surface area contributed by atoms with Crippen LogP contribution >= 0.6 is 7.82 Å². The van der Waals surface area contributed by atoms with Gasteiger partial charge in [0.15, 0.2) is 0 Å². The highest BCUT2D eigenvalue weighted by Crippen LogP contribution is 2.47. The first-order chi connectivity index (χ1) is 9.02. The number of ether oxygens (including phenoxy) is 2. The minimum absolute atomic E-state index is 0.216. The lowest BCUT2D eigenvalue weighted by Crippen LogP contribution is -2.29. The molecule has 0 aliphatic carbocycles. The van der Waals surface area contributed by atoms with Crippen molar-refractivity contribution >= 4 is 7.82 Å². The lowest BCUT2D eigenvalue weighted by atomic mass is 10.2. The second-order valence-electron chi connectivity index (χ2n) is 4.55. The predicted molar refractivity (Wildman–Crippen MR) is 62.5 cm³/mol. The van der Waals surface area contributed by atoms with Gasteiger partial charge in [-0.3, -0.25) is 9.05 Å². The standard InChI is InChI=1S/C10H19O8P/c11-5-9-8(2-4-15-9)18-19(13,14)17-6-10-7(12)1-3-16-10/h7-12H,1-6H2,(H,13,14)/t7?,8?,9-,10-/m1/s1. The van der Waals surface area contributed by atoms with E-state index in [9.17, 15) is 14.6 Å². The summed E-state index contributed by atoms with van der Waals surface area (Å²) in [5.74, 6) is 0. The highest BCUT2D eigenvalue weighted by atomic mass is 31.2. The number of hydrogen-bond acceptors (Lipinski definition) is 7. The van der Waals surface area contributed by atoms with E-state index in [1.165, 1.54) is 0 Å². The van der Waals surface area contributed by atoms with E-state index in [2.05, 4.69) is 0 Å². The molecule has 2 heterocycles. The van der Waals surface area contributed by atoms with Crippen LogP contribution in [0.15, 0.2) is 0 Å². The van der Waals surface area contributed by atoms with Crippen LogP contribution in [0.2, 0.25) is 0 Å². The molecular formula is C10H19O8P. The molecule has 0 aromatic rings. The second kappa shape index (κ2) is 6.60. The van der Waals surface area contributed by atoms with Gasteiger partial charge < -0.3 is 24.6 Å². The average Bonchev–Trinajstić information content (AvgIpc) is 2.95. The molecule has 2 aliphatic heterocycles. The summed E-state index contributed by atoms with van der Waals surface area (Å²) in [6.45, 7) is 0.261. The Balaban J connectivity index is 1.79. The van der Waals surface area contributed by atoms with E-state index in [1.807, 2.05) is 0 Å². The van der Waals surface area contributed by atoms with E-state index >= 15 is 0 Å². The first-order valence-electron chi connectivity index (χ1n) is 6.19. The van der Waals surface area contributed by atoms with Crippen LogP contribution in [-0.2, 0) is 23.1 Å². The molecule has 8 nitrogen and oxygen atoms in total. The Morgan fingerprint density at radius 3 is 2.53 bits per heavy atom. The van der Waals surface area contributed by atoms with Crippen molar-refractivity contribution in [3.05, 3.63) is 0 Å². The molecule has 2 aliphatic rings. The fraction of sp³-hybridized carbons (Fsp3) is 1.00. The molecule has 0 radical (unpaired) electrons. The molecular weight excluding hydrogens is 279 g/mol. The normalized spacial score (nSPS) is 38.5. The number of hydrogen-bond donors (Lipinski definition) is 3. The summed E-state index contributed by atoms with van der Waals surface area (Å²) in [5, 5.41) is 18.5. The summed E-state index contributed by atoms with van der Waals surface area (Å²) in [5.41, 5.74) is 0. The molecule has 19 heavy (non-hydrogen) atoms. The molecule has 112 valence electrons. The highest BCUT2D eigenvalue weighted by molar-refractivity contribution is 7.47. The quantitative estimate of drug-likeness (QED) is 0.558. The predicted octanol–water partition coefficient (Wildman–Crippen LogP) is -0.580. The maximum atomic E-state index is 11.7. The largest absolute Gasteiger partial charge is 0.472 e. The van der Waals surface area contributed by atoms with Crippen molar-refractivity contribution in [1.29, 1.82) is 0 Å². The zero-order valence-corrected chi connectivity index (χ0v) is 11.3. The lowest BCUT2D eigenvalue weighted by molar-refractivity contribution is -0.0190. The molecule has 0 amide bonds. The fourth-order valence-electron chi connectivity index (χ4n) is 2.09. The Morgan fingerprint density at radius 2 is 1.89 bits per heavy atom. The van der Waals surface area contributed by atoms with Crippen LogP contribution in [0.25, 0.3) is 0 Å². The fourth-order valence-corrected chi connectivity index (χ4v) is 3.06. The van der Waals surface area contributed by atoms with Gasteiger partial charge in [0.2, 0.25) is 0 Å². The monoisotopic (exact) mass is 298 g/mol. The van der Waals surface area contributed by atoms with E-state index in [4.69, 9.17) is 23.6 Å². The molecule has 3 unspecified atom stereocenters. The Labute approximate surface area is 110 Å². The van der Waals surface area contributed by atoms with E-state index < -0.39 is 32.2 Å². The van der Waals surface area contributed by atoms with Gasteiger partial charge in [0, 0.05) is 19.6 Å².